The molecule has 0 saturated heterocycles. The fourth-order valence-electron chi connectivity index (χ4n) is 2.23. The van der Waals surface area contributed by atoms with Crippen molar-refractivity contribution in [2.45, 2.75) is 53.9 Å². The van der Waals surface area contributed by atoms with Gasteiger partial charge in [-0.2, -0.15) is 0 Å². The van der Waals surface area contributed by atoms with Crippen molar-refractivity contribution in [3.8, 4) is 0 Å². The number of hydrogen-bond acceptors (Lipinski definition) is 1. The lowest BCUT2D eigenvalue weighted by atomic mass is 9.64. The minimum Gasteiger partial charge on any atom is -0.382 e. The number of hydrogen-bond donors (Lipinski definition) is 1. The van der Waals surface area contributed by atoms with Crippen molar-refractivity contribution in [1.82, 2.24) is 5.32 Å². The number of rotatable bonds is 5. The number of allylic oxidation sites excluding steroid dienone is 5. The van der Waals surface area contributed by atoms with Gasteiger partial charge in [0.05, 0.1) is 5.70 Å². The molecule has 0 spiro atoms. The van der Waals surface area contributed by atoms with Crippen LogP contribution in [0.15, 0.2) is 41.8 Å². The first-order valence-corrected chi connectivity index (χ1v) is 7.33. The van der Waals surface area contributed by atoms with E-state index in [-0.39, 0.29) is 5.41 Å². The predicted octanol–water partition coefficient (Wildman–Crippen LogP) is 4.98. The quantitative estimate of drug-likeness (QED) is 0.686. The molecule has 0 amide bonds. The molecular weight excluding hydrogens is 230 g/mol. The summed E-state index contributed by atoms with van der Waals surface area (Å²) >= 11 is 0. The van der Waals surface area contributed by atoms with Gasteiger partial charge in [0, 0.05) is 6.54 Å². The summed E-state index contributed by atoms with van der Waals surface area (Å²) < 4.78 is 0. The molecule has 0 bridgehead atoms. The molecule has 1 unspecified atom stereocenters. The summed E-state index contributed by atoms with van der Waals surface area (Å²) in [4.78, 5) is 0. The SMILES string of the molecule is C=C=C(CCC1=CCC(C)(C(C)(C)C)C=C1)NCC. The first-order chi connectivity index (χ1) is 8.82. The first kappa shape index (κ1) is 15.9. The van der Waals surface area contributed by atoms with Gasteiger partial charge in [0.25, 0.3) is 0 Å². The highest BCUT2D eigenvalue weighted by Crippen LogP contribution is 2.45. The van der Waals surface area contributed by atoms with Crippen LogP contribution in [0, 0.1) is 10.8 Å². The van der Waals surface area contributed by atoms with Crippen LogP contribution in [0.1, 0.15) is 53.9 Å². The third kappa shape index (κ3) is 4.14. The highest BCUT2D eigenvalue weighted by atomic mass is 14.9. The summed E-state index contributed by atoms with van der Waals surface area (Å²) in [5, 5.41) is 3.30. The summed E-state index contributed by atoms with van der Waals surface area (Å²) in [5.41, 5.74) is 6.13. The van der Waals surface area contributed by atoms with Gasteiger partial charge in [-0.25, -0.2) is 0 Å². The molecule has 0 saturated carbocycles. The molecule has 0 aromatic carbocycles. The Bertz CT molecular complexity index is 413. The van der Waals surface area contributed by atoms with E-state index in [1.807, 2.05) is 0 Å². The van der Waals surface area contributed by atoms with Crippen molar-refractivity contribution in [2.75, 3.05) is 6.54 Å². The second-order valence-electron chi connectivity index (χ2n) is 6.67. The average molecular weight is 259 g/mol. The fourth-order valence-corrected chi connectivity index (χ4v) is 2.23. The molecule has 0 aliphatic heterocycles. The molecule has 1 rings (SSSR count). The van der Waals surface area contributed by atoms with Gasteiger partial charge < -0.3 is 5.32 Å². The Hall–Kier alpha value is -1.20. The molecular formula is C18H29N. The molecule has 0 aromatic rings. The zero-order valence-corrected chi connectivity index (χ0v) is 13.3. The van der Waals surface area contributed by atoms with Crippen LogP contribution in [0.25, 0.3) is 0 Å². The Labute approximate surface area is 119 Å². The van der Waals surface area contributed by atoms with E-state index in [2.05, 4.69) is 70.5 Å². The smallest absolute Gasteiger partial charge is 0.0535 e. The van der Waals surface area contributed by atoms with Gasteiger partial charge >= 0.3 is 0 Å². The van der Waals surface area contributed by atoms with E-state index >= 15 is 0 Å². The molecule has 1 nitrogen and oxygen atoms in total. The standard InChI is InChI=1S/C18H29N/c1-7-16(19-8-2)10-9-15-11-13-18(6,14-12-15)17(3,4)5/h11-13,19H,1,8-10,14H2,2-6H3. The fraction of sp³-hybridized carbons (Fsp3) is 0.611. The maximum Gasteiger partial charge on any atom is 0.0535 e. The third-order valence-electron chi connectivity index (χ3n) is 4.43. The second kappa shape index (κ2) is 6.30. The summed E-state index contributed by atoms with van der Waals surface area (Å²) in [6.45, 7) is 16.1. The molecule has 19 heavy (non-hydrogen) atoms. The zero-order chi connectivity index (χ0) is 14.5. The molecule has 1 aliphatic rings. The van der Waals surface area contributed by atoms with E-state index < -0.39 is 0 Å². The maximum absolute atomic E-state index is 3.74. The molecule has 0 heterocycles. The highest BCUT2D eigenvalue weighted by Gasteiger charge is 2.35. The molecule has 0 aromatic heterocycles. The summed E-state index contributed by atoms with van der Waals surface area (Å²) in [6, 6.07) is 0. The van der Waals surface area contributed by atoms with Crippen LogP contribution in [0.2, 0.25) is 0 Å². The Kier molecular flexibility index (Phi) is 5.26. The van der Waals surface area contributed by atoms with Gasteiger partial charge in [0.2, 0.25) is 0 Å². The monoisotopic (exact) mass is 259 g/mol. The summed E-state index contributed by atoms with van der Waals surface area (Å²) in [6.07, 6.45) is 10.3. The molecule has 0 radical (unpaired) electrons. The van der Waals surface area contributed by atoms with Crippen LogP contribution < -0.4 is 5.32 Å². The van der Waals surface area contributed by atoms with E-state index in [1.165, 1.54) is 5.57 Å². The first-order valence-electron chi connectivity index (χ1n) is 7.33. The topological polar surface area (TPSA) is 12.0 Å². The van der Waals surface area contributed by atoms with Crippen molar-refractivity contribution in [3.63, 3.8) is 0 Å². The van der Waals surface area contributed by atoms with E-state index in [0.717, 1.165) is 31.5 Å². The normalized spacial score (nSPS) is 22.7. The molecule has 1 heteroatoms. The number of nitrogens with one attached hydrogen (secondary N) is 1. The van der Waals surface area contributed by atoms with Gasteiger partial charge in [0.1, 0.15) is 0 Å². The lowest BCUT2D eigenvalue weighted by molar-refractivity contribution is 0.169. The minimum absolute atomic E-state index is 0.273. The van der Waals surface area contributed by atoms with Gasteiger partial charge in [-0.3, -0.25) is 0 Å². The Morgan fingerprint density at radius 1 is 1.47 bits per heavy atom. The Balaban J connectivity index is 2.58. The average Bonchev–Trinajstić information content (AvgIpc) is 2.35. The maximum atomic E-state index is 3.74. The minimum atomic E-state index is 0.273. The van der Waals surface area contributed by atoms with Crippen LogP contribution in [-0.4, -0.2) is 6.54 Å². The van der Waals surface area contributed by atoms with Crippen molar-refractivity contribution >= 4 is 0 Å². The van der Waals surface area contributed by atoms with Crippen LogP contribution in [0.3, 0.4) is 0 Å². The van der Waals surface area contributed by atoms with Crippen molar-refractivity contribution in [1.29, 1.82) is 0 Å². The van der Waals surface area contributed by atoms with Crippen LogP contribution >= 0.6 is 0 Å². The van der Waals surface area contributed by atoms with Gasteiger partial charge in [-0.05, 0) is 37.0 Å². The van der Waals surface area contributed by atoms with Crippen LogP contribution in [-0.2, 0) is 0 Å². The van der Waals surface area contributed by atoms with E-state index in [0.29, 0.717) is 5.41 Å². The molecule has 1 atom stereocenters. The Morgan fingerprint density at radius 2 is 2.16 bits per heavy atom. The summed E-state index contributed by atoms with van der Waals surface area (Å²) in [7, 11) is 0. The zero-order valence-electron chi connectivity index (χ0n) is 13.3. The van der Waals surface area contributed by atoms with Crippen molar-refractivity contribution < 1.29 is 0 Å². The molecule has 0 fully saturated rings. The van der Waals surface area contributed by atoms with Gasteiger partial charge in [0.15, 0.2) is 0 Å². The molecule has 1 N–H and O–H groups in total. The van der Waals surface area contributed by atoms with Gasteiger partial charge in [-0.1, -0.05) is 58.1 Å². The molecule has 1 aliphatic carbocycles. The predicted molar refractivity (Wildman–Crippen MR) is 85.0 cm³/mol. The van der Waals surface area contributed by atoms with Crippen LogP contribution in [0.5, 0.6) is 0 Å². The van der Waals surface area contributed by atoms with E-state index in [9.17, 15) is 0 Å². The van der Waals surface area contributed by atoms with E-state index in [4.69, 9.17) is 0 Å². The summed E-state index contributed by atoms with van der Waals surface area (Å²) in [5.74, 6) is 0. The highest BCUT2D eigenvalue weighted by molar-refractivity contribution is 5.28. The lowest BCUT2D eigenvalue weighted by Gasteiger charge is -2.41. The van der Waals surface area contributed by atoms with E-state index in [1.54, 1.807) is 0 Å². The van der Waals surface area contributed by atoms with Crippen LogP contribution in [0.4, 0.5) is 0 Å². The molecule has 106 valence electrons. The van der Waals surface area contributed by atoms with Gasteiger partial charge in [-0.15, -0.1) is 5.73 Å². The third-order valence-corrected chi connectivity index (χ3v) is 4.43. The van der Waals surface area contributed by atoms with Crippen molar-refractivity contribution in [3.05, 3.63) is 41.8 Å². The lowest BCUT2D eigenvalue weighted by Crippen LogP contribution is -2.31. The Morgan fingerprint density at radius 3 is 2.58 bits per heavy atom. The largest absolute Gasteiger partial charge is 0.382 e. The van der Waals surface area contributed by atoms with Crippen molar-refractivity contribution in [2.24, 2.45) is 10.8 Å². The second-order valence-corrected chi connectivity index (χ2v) is 6.67.